The number of anilines is 1. The summed E-state index contributed by atoms with van der Waals surface area (Å²) >= 11 is 5.85. The van der Waals surface area contributed by atoms with Crippen molar-refractivity contribution in [1.82, 2.24) is 0 Å². The third kappa shape index (κ3) is 3.17. The van der Waals surface area contributed by atoms with Crippen LogP contribution in [0.15, 0.2) is 57.7 Å². The van der Waals surface area contributed by atoms with E-state index in [0.29, 0.717) is 11.5 Å². The summed E-state index contributed by atoms with van der Waals surface area (Å²) in [6.07, 6.45) is 0. The molecule has 0 atom stereocenters. The Morgan fingerprint density at radius 2 is 1.71 bits per heavy atom. The monoisotopic (exact) mass is 341 g/mol. The van der Waals surface area contributed by atoms with Crippen LogP contribution in [0.4, 0.5) is 5.69 Å². The van der Waals surface area contributed by atoms with E-state index in [4.69, 9.17) is 16.0 Å². The number of hydrogen-bond acceptors (Lipinski definition) is 3. The van der Waals surface area contributed by atoms with Gasteiger partial charge in [0, 0.05) is 42.2 Å². The zero-order valence-corrected chi connectivity index (χ0v) is 14.6. The van der Waals surface area contributed by atoms with Crippen LogP contribution in [-0.4, -0.2) is 13.1 Å². The van der Waals surface area contributed by atoms with Crippen molar-refractivity contribution in [2.24, 2.45) is 0 Å². The fourth-order valence-electron chi connectivity index (χ4n) is 2.95. The molecule has 2 aromatic carbocycles. The summed E-state index contributed by atoms with van der Waals surface area (Å²) in [5, 5.41) is 0.934. The minimum atomic E-state index is -0.337. The van der Waals surface area contributed by atoms with E-state index < -0.39 is 0 Å². The molecule has 0 aliphatic carbocycles. The molecule has 1 aromatic heterocycles. The zero-order chi connectivity index (χ0) is 17.1. The minimum absolute atomic E-state index is 0.337. The molecule has 0 amide bonds. The van der Waals surface area contributed by atoms with Gasteiger partial charge in [-0.1, -0.05) is 24.3 Å². The molecular weight excluding hydrogens is 322 g/mol. The Bertz CT molecular complexity index is 896. The van der Waals surface area contributed by atoms with Gasteiger partial charge in [0.1, 0.15) is 5.58 Å². The van der Waals surface area contributed by atoms with Crippen LogP contribution >= 0.6 is 11.6 Å². The summed E-state index contributed by atoms with van der Waals surface area (Å²) < 4.78 is 5.45. The Kier molecular flexibility index (Phi) is 4.91. The average molecular weight is 342 g/mol. The maximum atomic E-state index is 12.0. The van der Waals surface area contributed by atoms with E-state index in [1.54, 1.807) is 6.07 Å². The first-order valence-electron chi connectivity index (χ1n) is 8.14. The number of fused-ring (bicyclic) bond motifs is 1. The van der Waals surface area contributed by atoms with Crippen molar-refractivity contribution in [3.8, 4) is 11.1 Å². The van der Waals surface area contributed by atoms with Gasteiger partial charge in [-0.05, 0) is 42.7 Å². The summed E-state index contributed by atoms with van der Waals surface area (Å²) in [6.45, 7) is 6.04. The first-order valence-corrected chi connectivity index (χ1v) is 8.67. The molecule has 0 saturated carbocycles. The van der Waals surface area contributed by atoms with Gasteiger partial charge in [-0.3, -0.25) is 0 Å². The van der Waals surface area contributed by atoms with Gasteiger partial charge in [0.05, 0.1) is 0 Å². The summed E-state index contributed by atoms with van der Waals surface area (Å²) in [5.74, 6) is 0.477. The van der Waals surface area contributed by atoms with Crippen molar-refractivity contribution in [2.45, 2.75) is 19.7 Å². The van der Waals surface area contributed by atoms with Gasteiger partial charge < -0.3 is 9.32 Å². The van der Waals surface area contributed by atoms with Gasteiger partial charge in [0.2, 0.25) is 0 Å². The van der Waals surface area contributed by atoms with Crippen molar-refractivity contribution in [3.63, 3.8) is 0 Å². The quantitative estimate of drug-likeness (QED) is 0.481. The van der Waals surface area contributed by atoms with Crippen molar-refractivity contribution in [3.05, 3.63) is 64.5 Å². The molecule has 124 valence electrons. The molecule has 24 heavy (non-hydrogen) atoms. The predicted molar refractivity (Wildman–Crippen MR) is 101 cm³/mol. The molecule has 1 heterocycles. The molecule has 0 spiro atoms. The van der Waals surface area contributed by atoms with E-state index in [-0.39, 0.29) is 5.63 Å². The van der Waals surface area contributed by atoms with E-state index in [1.807, 2.05) is 36.4 Å². The average Bonchev–Trinajstić information content (AvgIpc) is 2.62. The number of rotatable bonds is 5. The lowest BCUT2D eigenvalue weighted by atomic mass is 10.0. The van der Waals surface area contributed by atoms with Gasteiger partial charge >= 0.3 is 5.63 Å². The lowest BCUT2D eigenvalue weighted by Crippen LogP contribution is -2.21. The standard InChI is InChI=1S/C20H20ClNO2/c1-3-22(4-2)16-9-10-17-18(12-20(23)24-19(17)11-16)15-7-5-14(13-21)6-8-15/h5-12H,3-4,13H2,1-2H3. The molecule has 0 aliphatic heterocycles. The van der Waals surface area contributed by atoms with Crippen LogP contribution in [0.25, 0.3) is 22.1 Å². The van der Waals surface area contributed by atoms with E-state index >= 15 is 0 Å². The smallest absolute Gasteiger partial charge is 0.336 e. The van der Waals surface area contributed by atoms with E-state index in [1.165, 1.54) is 0 Å². The van der Waals surface area contributed by atoms with Gasteiger partial charge in [0.25, 0.3) is 0 Å². The van der Waals surface area contributed by atoms with E-state index in [9.17, 15) is 4.79 Å². The Balaban J connectivity index is 2.16. The molecule has 0 fully saturated rings. The molecular formula is C20H20ClNO2. The number of hydrogen-bond donors (Lipinski definition) is 0. The third-order valence-corrected chi connectivity index (χ3v) is 4.58. The highest BCUT2D eigenvalue weighted by Gasteiger charge is 2.10. The highest BCUT2D eigenvalue weighted by atomic mass is 35.5. The number of nitrogens with zero attached hydrogens (tertiary/aromatic N) is 1. The van der Waals surface area contributed by atoms with E-state index in [2.05, 4.69) is 24.8 Å². The van der Waals surface area contributed by atoms with Crippen LogP contribution in [0.1, 0.15) is 19.4 Å². The number of benzene rings is 2. The van der Waals surface area contributed by atoms with Crippen LogP contribution in [0, 0.1) is 0 Å². The molecule has 0 radical (unpaired) electrons. The maximum Gasteiger partial charge on any atom is 0.336 e. The second kappa shape index (κ2) is 7.10. The van der Waals surface area contributed by atoms with Gasteiger partial charge in [0.15, 0.2) is 0 Å². The maximum absolute atomic E-state index is 12.0. The highest BCUT2D eigenvalue weighted by molar-refractivity contribution is 6.17. The Hall–Kier alpha value is -2.26. The molecule has 3 aromatic rings. The first-order chi connectivity index (χ1) is 11.7. The SMILES string of the molecule is CCN(CC)c1ccc2c(-c3ccc(CCl)cc3)cc(=O)oc2c1. The number of alkyl halides is 1. The second-order valence-electron chi connectivity index (χ2n) is 5.66. The van der Waals surface area contributed by atoms with Crippen LogP contribution in [0.3, 0.4) is 0 Å². The Morgan fingerprint density at radius 1 is 1.00 bits per heavy atom. The topological polar surface area (TPSA) is 33.5 Å². The molecule has 0 saturated heterocycles. The van der Waals surface area contributed by atoms with Crippen LogP contribution in [0.5, 0.6) is 0 Å². The molecule has 3 rings (SSSR count). The van der Waals surface area contributed by atoms with Crippen molar-refractivity contribution in [2.75, 3.05) is 18.0 Å². The molecule has 3 nitrogen and oxygen atoms in total. The molecule has 4 heteroatoms. The second-order valence-corrected chi connectivity index (χ2v) is 5.93. The van der Waals surface area contributed by atoms with E-state index in [0.717, 1.165) is 40.9 Å². The first kappa shape index (κ1) is 16.6. The molecule has 0 aliphatic rings. The molecule has 0 unspecified atom stereocenters. The number of halogens is 1. The van der Waals surface area contributed by atoms with Crippen molar-refractivity contribution in [1.29, 1.82) is 0 Å². The normalized spacial score (nSPS) is 11.0. The fourth-order valence-corrected chi connectivity index (χ4v) is 3.13. The van der Waals surface area contributed by atoms with Crippen LogP contribution in [-0.2, 0) is 5.88 Å². The summed E-state index contributed by atoms with van der Waals surface area (Å²) in [4.78, 5) is 14.2. The van der Waals surface area contributed by atoms with Crippen molar-refractivity contribution < 1.29 is 4.42 Å². The largest absolute Gasteiger partial charge is 0.423 e. The van der Waals surface area contributed by atoms with Crippen LogP contribution in [0.2, 0.25) is 0 Å². The van der Waals surface area contributed by atoms with Gasteiger partial charge in [-0.25, -0.2) is 4.79 Å². The lowest BCUT2D eigenvalue weighted by Gasteiger charge is -2.21. The predicted octanol–water partition coefficient (Wildman–Crippen LogP) is 5.05. The Labute approximate surface area is 146 Å². The van der Waals surface area contributed by atoms with Crippen LogP contribution < -0.4 is 10.5 Å². The molecule has 0 bridgehead atoms. The lowest BCUT2D eigenvalue weighted by molar-refractivity contribution is 0.561. The zero-order valence-electron chi connectivity index (χ0n) is 13.9. The fraction of sp³-hybridized carbons (Fsp3) is 0.250. The molecule has 0 N–H and O–H groups in total. The summed E-state index contributed by atoms with van der Waals surface area (Å²) in [5.41, 5.74) is 4.26. The minimum Gasteiger partial charge on any atom is -0.423 e. The third-order valence-electron chi connectivity index (χ3n) is 4.28. The summed E-state index contributed by atoms with van der Waals surface area (Å²) in [7, 11) is 0. The Morgan fingerprint density at radius 3 is 2.33 bits per heavy atom. The highest BCUT2D eigenvalue weighted by Crippen LogP contribution is 2.30. The summed E-state index contributed by atoms with van der Waals surface area (Å²) in [6, 6.07) is 15.5. The van der Waals surface area contributed by atoms with Gasteiger partial charge in [-0.15, -0.1) is 11.6 Å². The van der Waals surface area contributed by atoms with Gasteiger partial charge in [-0.2, -0.15) is 0 Å². The van der Waals surface area contributed by atoms with Crippen molar-refractivity contribution >= 4 is 28.3 Å².